The number of carbonyl (C=O) groups excluding carboxylic acids is 1. The zero-order valence-electron chi connectivity index (χ0n) is 16.3. The van der Waals surface area contributed by atoms with Crippen molar-refractivity contribution in [2.24, 2.45) is 0 Å². The number of nitrogens with zero attached hydrogens (tertiary/aromatic N) is 1. The van der Waals surface area contributed by atoms with E-state index in [4.69, 9.17) is 26.4 Å². The van der Waals surface area contributed by atoms with Gasteiger partial charge in [0.15, 0.2) is 5.11 Å². The van der Waals surface area contributed by atoms with Crippen molar-refractivity contribution in [2.75, 3.05) is 34.0 Å². The van der Waals surface area contributed by atoms with Crippen LogP contribution in [0.1, 0.15) is 25.5 Å². The fourth-order valence-corrected chi connectivity index (χ4v) is 3.60. The summed E-state index contributed by atoms with van der Waals surface area (Å²) in [5, 5.41) is 3.13. The van der Waals surface area contributed by atoms with Gasteiger partial charge in [-0.15, -0.1) is 0 Å². The summed E-state index contributed by atoms with van der Waals surface area (Å²) in [6.07, 6.45) is 0. The van der Waals surface area contributed by atoms with Gasteiger partial charge < -0.3 is 24.4 Å². The summed E-state index contributed by atoms with van der Waals surface area (Å²) in [6.45, 7) is 4.07. The minimum atomic E-state index is -1.12. The molecule has 0 saturated carbocycles. The standard InChI is InChI=1S/C19H24F2N2O4S/c1-11(10-26-4)23-12(2)15(18(24)27-9-8-25-3)17(22-19(23)28)16-13(20)6-5-7-14(16)21/h5-7,11,17H,8-10H2,1-4H3,(H,22,28)/t11-,17-/m1/s1. The van der Waals surface area contributed by atoms with Gasteiger partial charge in [0.05, 0.1) is 36.4 Å². The molecule has 9 heteroatoms. The number of hydrogen-bond donors (Lipinski definition) is 1. The molecule has 0 bridgehead atoms. The number of carbonyl (C=O) groups is 1. The molecule has 0 aromatic heterocycles. The van der Waals surface area contributed by atoms with Gasteiger partial charge in [-0.25, -0.2) is 13.6 Å². The lowest BCUT2D eigenvalue weighted by Crippen LogP contribution is -2.52. The number of nitrogens with one attached hydrogen (secondary N) is 1. The van der Waals surface area contributed by atoms with Crippen LogP contribution >= 0.6 is 12.2 Å². The monoisotopic (exact) mass is 414 g/mol. The smallest absolute Gasteiger partial charge is 0.338 e. The van der Waals surface area contributed by atoms with Crippen LogP contribution in [0.15, 0.2) is 29.5 Å². The molecule has 6 nitrogen and oxygen atoms in total. The molecule has 2 rings (SSSR count). The number of esters is 1. The Morgan fingerprint density at radius 2 is 1.89 bits per heavy atom. The predicted molar refractivity (Wildman–Crippen MR) is 104 cm³/mol. The summed E-state index contributed by atoms with van der Waals surface area (Å²) >= 11 is 5.41. The summed E-state index contributed by atoms with van der Waals surface area (Å²) in [5.41, 5.74) is 0.238. The van der Waals surface area contributed by atoms with Crippen LogP contribution in [-0.2, 0) is 19.0 Å². The molecule has 154 valence electrons. The first-order chi connectivity index (χ1) is 13.3. The van der Waals surface area contributed by atoms with Gasteiger partial charge in [0.25, 0.3) is 0 Å². The van der Waals surface area contributed by atoms with Gasteiger partial charge in [-0.3, -0.25) is 0 Å². The lowest BCUT2D eigenvalue weighted by molar-refractivity contribution is -0.140. The van der Waals surface area contributed by atoms with Crippen LogP contribution in [0.4, 0.5) is 8.78 Å². The Kier molecular flexibility index (Phi) is 7.85. The molecule has 1 aliphatic heterocycles. The van der Waals surface area contributed by atoms with Crippen LogP contribution in [0.2, 0.25) is 0 Å². The number of rotatable bonds is 8. The maximum Gasteiger partial charge on any atom is 0.338 e. The van der Waals surface area contributed by atoms with Crippen molar-refractivity contribution in [3.63, 3.8) is 0 Å². The Morgan fingerprint density at radius 1 is 1.25 bits per heavy atom. The van der Waals surface area contributed by atoms with Crippen molar-refractivity contribution in [2.45, 2.75) is 25.9 Å². The molecule has 0 aliphatic carbocycles. The van der Waals surface area contributed by atoms with E-state index in [9.17, 15) is 13.6 Å². The highest BCUT2D eigenvalue weighted by Crippen LogP contribution is 2.34. The Balaban J connectivity index is 2.54. The van der Waals surface area contributed by atoms with Crippen molar-refractivity contribution < 1.29 is 27.8 Å². The van der Waals surface area contributed by atoms with Crippen molar-refractivity contribution >= 4 is 23.3 Å². The van der Waals surface area contributed by atoms with E-state index in [-0.39, 0.29) is 35.5 Å². The van der Waals surface area contributed by atoms with Gasteiger partial charge in [0.1, 0.15) is 18.2 Å². The lowest BCUT2D eigenvalue weighted by Gasteiger charge is -2.40. The molecule has 0 radical (unpaired) electrons. The second-order valence-electron chi connectivity index (χ2n) is 6.32. The molecule has 0 fully saturated rings. The number of benzene rings is 1. The molecular weight excluding hydrogens is 390 g/mol. The maximum absolute atomic E-state index is 14.5. The molecule has 0 spiro atoms. The number of ether oxygens (including phenoxy) is 3. The van der Waals surface area contributed by atoms with Gasteiger partial charge >= 0.3 is 5.97 Å². The molecule has 1 aliphatic rings. The average molecular weight is 414 g/mol. The van der Waals surface area contributed by atoms with Crippen molar-refractivity contribution in [1.82, 2.24) is 10.2 Å². The molecule has 2 atom stereocenters. The van der Waals surface area contributed by atoms with Crippen molar-refractivity contribution in [3.8, 4) is 0 Å². The first-order valence-corrected chi connectivity index (χ1v) is 9.13. The third-order valence-corrected chi connectivity index (χ3v) is 4.72. The normalized spacial score (nSPS) is 18.1. The van der Waals surface area contributed by atoms with E-state index in [1.54, 1.807) is 18.9 Å². The summed E-state index contributed by atoms with van der Waals surface area (Å²) in [7, 11) is 3.03. The molecule has 1 aromatic rings. The minimum Gasteiger partial charge on any atom is -0.460 e. The minimum absolute atomic E-state index is 0.0106. The van der Waals surface area contributed by atoms with E-state index in [1.165, 1.54) is 13.2 Å². The number of methoxy groups -OCH3 is 2. The van der Waals surface area contributed by atoms with E-state index < -0.39 is 23.6 Å². The van der Waals surface area contributed by atoms with Gasteiger partial charge in [-0.05, 0) is 38.2 Å². The molecule has 0 saturated heterocycles. The zero-order chi connectivity index (χ0) is 20.8. The van der Waals surface area contributed by atoms with Crippen LogP contribution in [-0.4, -0.2) is 56.1 Å². The molecule has 1 aromatic carbocycles. The summed E-state index contributed by atoms with van der Waals surface area (Å²) in [4.78, 5) is 14.5. The molecular formula is C19H24F2N2O4S. The van der Waals surface area contributed by atoms with Crippen LogP contribution in [0.5, 0.6) is 0 Å². The Bertz CT molecular complexity index is 752. The van der Waals surface area contributed by atoms with Crippen LogP contribution < -0.4 is 5.32 Å². The fraction of sp³-hybridized carbons (Fsp3) is 0.474. The second kappa shape index (κ2) is 9.90. The van der Waals surface area contributed by atoms with E-state index in [1.807, 2.05) is 6.92 Å². The maximum atomic E-state index is 14.5. The first kappa shape index (κ1) is 22.2. The summed E-state index contributed by atoms with van der Waals surface area (Å²) in [6, 6.07) is 2.20. The van der Waals surface area contributed by atoms with E-state index in [0.29, 0.717) is 12.3 Å². The van der Waals surface area contributed by atoms with E-state index >= 15 is 0 Å². The number of thiocarbonyl (C=S) groups is 1. The SMILES string of the molecule is COCCOC(=O)C1=C(C)N([C@H](C)COC)C(=S)N[C@H]1c1c(F)cccc1F. The van der Waals surface area contributed by atoms with Crippen molar-refractivity contribution in [1.29, 1.82) is 0 Å². The Morgan fingerprint density at radius 3 is 2.46 bits per heavy atom. The zero-order valence-corrected chi connectivity index (χ0v) is 17.1. The third-order valence-electron chi connectivity index (χ3n) is 4.40. The Labute approximate surface area is 168 Å². The summed E-state index contributed by atoms with van der Waals surface area (Å²) in [5.74, 6) is -2.27. The van der Waals surface area contributed by atoms with Crippen molar-refractivity contribution in [3.05, 3.63) is 46.7 Å². The van der Waals surface area contributed by atoms with Gasteiger partial charge in [0.2, 0.25) is 0 Å². The highest BCUT2D eigenvalue weighted by atomic mass is 32.1. The summed E-state index contributed by atoms with van der Waals surface area (Å²) < 4.78 is 44.2. The number of halogens is 2. The predicted octanol–water partition coefficient (Wildman–Crippen LogP) is 2.69. The number of hydrogen-bond acceptors (Lipinski definition) is 5. The highest BCUT2D eigenvalue weighted by Gasteiger charge is 2.38. The van der Waals surface area contributed by atoms with Gasteiger partial charge in [-0.1, -0.05) is 6.07 Å². The average Bonchev–Trinajstić information content (AvgIpc) is 2.61. The third kappa shape index (κ3) is 4.65. The van der Waals surface area contributed by atoms with E-state index in [0.717, 1.165) is 12.1 Å². The molecule has 28 heavy (non-hydrogen) atoms. The Hall–Kier alpha value is -2.10. The topological polar surface area (TPSA) is 60.0 Å². The van der Waals surface area contributed by atoms with Crippen LogP contribution in [0.3, 0.4) is 0 Å². The van der Waals surface area contributed by atoms with E-state index in [2.05, 4.69) is 5.32 Å². The van der Waals surface area contributed by atoms with Crippen LogP contribution in [0.25, 0.3) is 0 Å². The second-order valence-corrected chi connectivity index (χ2v) is 6.71. The molecule has 1 heterocycles. The number of allylic oxidation sites excluding steroid dienone is 1. The first-order valence-electron chi connectivity index (χ1n) is 8.72. The molecule has 0 amide bonds. The van der Waals surface area contributed by atoms with Crippen LogP contribution in [0, 0.1) is 11.6 Å². The molecule has 0 unspecified atom stereocenters. The molecule has 1 N–H and O–H groups in total. The largest absolute Gasteiger partial charge is 0.460 e. The fourth-order valence-electron chi connectivity index (χ4n) is 3.17. The van der Waals surface area contributed by atoms with Gasteiger partial charge in [-0.2, -0.15) is 0 Å². The highest BCUT2D eigenvalue weighted by molar-refractivity contribution is 7.80. The van der Waals surface area contributed by atoms with Gasteiger partial charge in [0, 0.05) is 19.9 Å². The lowest BCUT2D eigenvalue weighted by atomic mass is 9.93. The quantitative estimate of drug-likeness (QED) is 0.399.